The van der Waals surface area contributed by atoms with Gasteiger partial charge in [-0.1, -0.05) is 35.8 Å². The van der Waals surface area contributed by atoms with Crippen molar-refractivity contribution in [2.24, 2.45) is 0 Å². The fourth-order valence-corrected chi connectivity index (χ4v) is 2.79. The van der Waals surface area contributed by atoms with E-state index in [1.54, 1.807) is 0 Å². The van der Waals surface area contributed by atoms with E-state index in [2.05, 4.69) is 39.6 Å². The molecule has 4 nitrogen and oxygen atoms in total. The highest BCUT2D eigenvalue weighted by atomic mass is 79.9. The third kappa shape index (κ3) is 3.83. The molecule has 2 aromatic rings. The summed E-state index contributed by atoms with van der Waals surface area (Å²) in [6.45, 7) is 8.69. The van der Waals surface area contributed by atoms with Crippen molar-refractivity contribution >= 4 is 27.3 Å². The Morgan fingerprint density at radius 2 is 1.70 bits per heavy atom. The summed E-state index contributed by atoms with van der Waals surface area (Å²) in [5.74, 6) is 0. The minimum atomic E-state index is -0.436. The van der Waals surface area contributed by atoms with E-state index in [0.29, 0.717) is 17.9 Å². The van der Waals surface area contributed by atoms with Gasteiger partial charge in [-0.3, -0.25) is 9.59 Å². The second-order valence-corrected chi connectivity index (χ2v) is 7.31. The zero-order valence-corrected chi connectivity index (χ0v) is 15.6. The van der Waals surface area contributed by atoms with Crippen molar-refractivity contribution in [1.82, 2.24) is 0 Å². The van der Waals surface area contributed by atoms with E-state index in [9.17, 15) is 9.59 Å². The zero-order valence-electron chi connectivity index (χ0n) is 14.0. The zero-order chi connectivity index (χ0) is 17.2. The van der Waals surface area contributed by atoms with Crippen LogP contribution in [0.2, 0.25) is 0 Å². The summed E-state index contributed by atoms with van der Waals surface area (Å²) in [6.07, 6.45) is 1.77. The van der Waals surface area contributed by atoms with Crippen LogP contribution < -0.4 is 21.5 Å². The van der Waals surface area contributed by atoms with Gasteiger partial charge in [0, 0.05) is 16.6 Å². The summed E-state index contributed by atoms with van der Waals surface area (Å²) in [7, 11) is 0. The van der Waals surface area contributed by atoms with Crippen molar-refractivity contribution in [3.8, 4) is 0 Å². The van der Waals surface area contributed by atoms with Crippen LogP contribution in [0.4, 0.5) is 11.4 Å². The smallest absolute Gasteiger partial charge is 0.253 e. The highest BCUT2D eigenvalue weighted by Crippen LogP contribution is 2.23. The lowest BCUT2D eigenvalue weighted by atomic mass is 10.00. The number of aryl methyl sites for hydroxylation is 1. The lowest BCUT2D eigenvalue weighted by molar-refractivity contribution is 0.546. The molecule has 0 aliphatic rings. The molecule has 0 spiro atoms. The van der Waals surface area contributed by atoms with Crippen molar-refractivity contribution in [2.75, 3.05) is 10.6 Å². The summed E-state index contributed by atoms with van der Waals surface area (Å²) in [6, 6.07) is 6.10. The molecule has 0 bridgehead atoms. The summed E-state index contributed by atoms with van der Waals surface area (Å²) < 4.78 is 1.04. The van der Waals surface area contributed by atoms with Crippen LogP contribution in [0, 0.1) is 0 Å². The van der Waals surface area contributed by atoms with Gasteiger partial charge in [-0.2, -0.15) is 0 Å². The molecule has 124 valence electrons. The first-order valence-corrected chi connectivity index (χ1v) is 8.71. The van der Waals surface area contributed by atoms with Gasteiger partial charge in [0.15, 0.2) is 0 Å². The first-order chi connectivity index (χ1) is 10.8. The highest BCUT2D eigenvalue weighted by molar-refractivity contribution is 9.10. The summed E-state index contributed by atoms with van der Waals surface area (Å²) in [4.78, 5) is 23.7. The summed E-state index contributed by atoms with van der Waals surface area (Å²) >= 11 is 3.47. The predicted molar refractivity (Wildman–Crippen MR) is 100 cm³/mol. The molecule has 0 unspecified atom stereocenters. The van der Waals surface area contributed by atoms with Gasteiger partial charge >= 0.3 is 0 Å². The standard InChI is InChI=1S/C18H23BrN2O2/c1-5-11-9-13(19)8-7-12(11)10-20-14-15(17(23)16(14)22)21-18(3,4)6-2/h7-9,20-21H,5-6,10H2,1-4H3. The molecule has 0 saturated carbocycles. The largest absolute Gasteiger partial charge is 0.376 e. The van der Waals surface area contributed by atoms with Crippen LogP contribution in [0.1, 0.15) is 45.2 Å². The second-order valence-electron chi connectivity index (χ2n) is 6.39. The number of rotatable bonds is 7. The van der Waals surface area contributed by atoms with E-state index in [4.69, 9.17) is 0 Å². The van der Waals surface area contributed by atoms with Gasteiger partial charge in [-0.15, -0.1) is 0 Å². The van der Waals surface area contributed by atoms with Crippen LogP contribution in [-0.2, 0) is 13.0 Å². The van der Waals surface area contributed by atoms with Crippen LogP contribution in [0.3, 0.4) is 0 Å². The Labute approximate surface area is 145 Å². The number of hydrogen-bond donors (Lipinski definition) is 2. The molecule has 0 aliphatic heterocycles. The third-order valence-electron chi connectivity index (χ3n) is 4.26. The Kier molecular flexibility index (Phi) is 5.30. The van der Waals surface area contributed by atoms with E-state index in [1.165, 1.54) is 5.56 Å². The molecule has 0 heterocycles. The maximum Gasteiger partial charge on any atom is 0.253 e. The lowest BCUT2D eigenvalue weighted by Crippen LogP contribution is -2.42. The van der Waals surface area contributed by atoms with Crippen LogP contribution >= 0.6 is 15.9 Å². The maximum atomic E-state index is 11.9. The minimum absolute atomic E-state index is 0.217. The van der Waals surface area contributed by atoms with Gasteiger partial charge < -0.3 is 10.6 Å². The van der Waals surface area contributed by atoms with Gasteiger partial charge in [0.2, 0.25) is 0 Å². The Morgan fingerprint density at radius 1 is 1.04 bits per heavy atom. The molecule has 0 radical (unpaired) electrons. The molecule has 2 aromatic carbocycles. The van der Waals surface area contributed by atoms with Crippen LogP contribution in [-0.4, -0.2) is 5.54 Å². The van der Waals surface area contributed by atoms with Gasteiger partial charge in [0.1, 0.15) is 11.4 Å². The van der Waals surface area contributed by atoms with Crippen LogP contribution in [0.5, 0.6) is 0 Å². The van der Waals surface area contributed by atoms with E-state index in [-0.39, 0.29) is 5.54 Å². The Bertz CT molecular complexity index is 774. The van der Waals surface area contributed by atoms with E-state index >= 15 is 0 Å². The van der Waals surface area contributed by atoms with Gasteiger partial charge in [0.05, 0.1) is 0 Å². The topological polar surface area (TPSA) is 58.2 Å². The Balaban J connectivity index is 2.18. The minimum Gasteiger partial charge on any atom is -0.376 e. The van der Waals surface area contributed by atoms with Crippen molar-refractivity contribution in [3.05, 3.63) is 54.2 Å². The highest BCUT2D eigenvalue weighted by Gasteiger charge is 2.25. The molecule has 0 aromatic heterocycles. The van der Waals surface area contributed by atoms with Crippen LogP contribution in [0.25, 0.3) is 0 Å². The normalized spacial score (nSPS) is 11.7. The molecule has 0 atom stereocenters. The first-order valence-electron chi connectivity index (χ1n) is 7.91. The number of hydrogen-bond acceptors (Lipinski definition) is 4. The first kappa shape index (κ1) is 17.7. The SMILES string of the molecule is CCc1cc(Br)ccc1CNc1c(NC(C)(C)CC)c(=O)c1=O. The average molecular weight is 379 g/mol. The van der Waals surface area contributed by atoms with Gasteiger partial charge in [-0.25, -0.2) is 0 Å². The third-order valence-corrected chi connectivity index (χ3v) is 4.76. The lowest BCUT2D eigenvalue weighted by Gasteiger charge is -2.28. The fraction of sp³-hybridized carbons (Fsp3) is 0.444. The fourth-order valence-electron chi connectivity index (χ4n) is 2.39. The van der Waals surface area contributed by atoms with Crippen molar-refractivity contribution in [1.29, 1.82) is 0 Å². The molecule has 5 heteroatoms. The molecule has 0 saturated heterocycles. The monoisotopic (exact) mass is 378 g/mol. The van der Waals surface area contributed by atoms with Crippen molar-refractivity contribution < 1.29 is 0 Å². The molecule has 0 aliphatic carbocycles. The number of anilines is 2. The summed E-state index contributed by atoms with van der Waals surface area (Å²) in [5, 5.41) is 6.32. The quantitative estimate of drug-likeness (QED) is 0.719. The second kappa shape index (κ2) is 6.87. The molecule has 0 amide bonds. The molecular formula is C18H23BrN2O2. The molecule has 2 N–H and O–H groups in total. The van der Waals surface area contributed by atoms with Gasteiger partial charge in [-0.05, 0) is 49.9 Å². The van der Waals surface area contributed by atoms with Crippen LogP contribution in [0.15, 0.2) is 32.3 Å². The van der Waals surface area contributed by atoms with E-state index in [0.717, 1.165) is 22.9 Å². The van der Waals surface area contributed by atoms with Crippen molar-refractivity contribution in [2.45, 2.75) is 52.6 Å². The molecule has 23 heavy (non-hydrogen) atoms. The van der Waals surface area contributed by atoms with E-state index < -0.39 is 10.9 Å². The number of halogens is 1. The Hall–Kier alpha value is -1.62. The maximum absolute atomic E-state index is 11.9. The predicted octanol–water partition coefficient (Wildman–Crippen LogP) is 3.82. The van der Waals surface area contributed by atoms with Crippen molar-refractivity contribution in [3.63, 3.8) is 0 Å². The number of benzene rings is 1. The Morgan fingerprint density at radius 3 is 2.30 bits per heavy atom. The molecular weight excluding hydrogens is 356 g/mol. The van der Waals surface area contributed by atoms with Gasteiger partial charge in [0.25, 0.3) is 10.9 Å². The molecule has 0 fully saturated rings. The van der Waals surface area contributed by atoms with E-state index in [1.807, 2.05) is 32.9 Å². The number of nitrogens with one attached hydrogen (secondary N) is 2. The summed E-state index contributed by atoms with van der Waals surface area (Å²) in [5.41, 5.74) is 2.08. The molecule has 2 rings (SSSR count). The average Bonchev–Trinajstić information content (AvgIpc) is 2.54.